The summed E-state index contributed by atoms with van der Waals surface area (Å²) < 4.78 is 27.4. The van der Waals surface area contributed by atoms with Gasteiger partial charge in [-0.05, 0) is 0 Å². The van der Waals surface area contributed by atoms with Crippen LogP contribution in [0.2, 0.25) is 68.7 Å². The molecule has 0 N–H and O–H groups in total. The molecule has 0 saturated carbocycles. The van der Waals surface area contributed by atoms with Crippen molar-refractivity contribution in [3.8, 4) is 0 Å². The van der Waals surface area contributed by atoms with E-state index in [1.54, 1.807) is 0 Å². The van der Waals surface area contributed by atoms with Crippen molar-refractivity contribution in [1.29, 1.82) is 0 Å². The van der Waals surface area contributed by atoms with Crippen LogP contribution < -0.4 is 0 Å². The summed E-state index contributed by atoms with van der Waals surface area (Å²) >= 11 is -3.66. The Labute approximate surface area is 145 Å². The van der Waals surface area contributed by atoms with Gasteiger partial charge in [-0.25, -0.2) is 0 Å². The Hall–Kier alpha value is 1.79. The molecular weight excluding hydrogens is 466 g/mol. The molecule has 0 radical (unpaired) electrons. The minimum absolute atomic E-state index is 1.26. The van der Waals surface area contributed by atoms with Crippen LogP contribution in [0.25, 0.3) is 0 Å². The van der Waals surface area contributed by atoms with E-state index in [9.17, 15) is 0 Å². The van der Waals surface area contributed by atoms with Crippen molar-refractivity contribution in [2.24, 2.45) is 0 Å². The van der Waals surface area contributed by atoms with E-state index < -0.39 is 60.8 Å². The van der Waals surface area contributed by atoms with Gasteiger partial charge in [0.15, 0.2) is 0 Å². The fraction of sp³-hybridized carbons (Fsp3) is 1.00. The van der Waals surface area contributed by atoms with Gasteiger partial charge in [-0.2, -0.15) is 0 Å². The van der Waals surface area contributed by atoms with Gasteiger partial charge in [-0.3, -0.25) is 0 Å². The van der Waals surface area contributed by atoms with Crippen molar-refractivity contribution in [3.05, 3.63) is 0 Å². The molecule has 3 fully saturated rings. The SMILES string of the molecule is C[Si]12[CH2][Ge]([CH3])([CH3])[CH2][Si](C)(O1)O[Si]1(C)[CH2][Ge]([CH3])([CH3])[CH2][Si](C)(O1)O2. The fourth-order valence-electron chi connectivity index (χ4n) is 5.80. The Morgan fingerprint density at radius 3 is 0.864 bits per heavy atom. The normalized spacial score (nSPS) is 53.5. The first kappa shape index (κ1) is 18.6. The Morgan fingerprint density at radius 2 is 0.682 bits per heavy atom. The summed E-state index contributed by atoms with van der Waals surface area (Å²) in [5, 5.41) is 0. The Kier molecular flexibility index (Phi) is 4.36. The molecule has 3 heterocycles. The van der Waals surface area contributed by atoms with Gasteiger partial charge in [0, 0.05) is 0 Å². The third kappa shape index (κ3) is 3.80. The van der Waals surface area contributed by atoms with Crippen molar-refractivity contribution < 1.29 is 16.5 Å². The Balaban J connectivity index is 2.05. The molecule has 0 spiro atoms. The predicted molar refractivity (Wildman–Crippen MR) is 105 cm³/mol. The fourth-order valence-corrected chi connectivity index (χ4v) is 92.2. The van der Waals surface area contributed by atoms with Crippen LogP contribution in [-0.2, 0) is 16.5 Å². The zero-order valence-corrected chi connectivity index (χ0v) is 23.7. The minimum atomic E-state index is -2.12. The van der Waals surface area contributed by atoms with E-state index >= 15 is 0 Å². The summed E-state index contributed by atoms with van der Waals surface area (Å²) in [5.41, 5.74) is 0. The van der Waals surface area contributed by atoms with Crippen LogP contribution in [0.1, 0.15) is 0 Å². The van der Waals surface area contributed by atoms with Gasteiger partial charge in [0.05, 0.1) is 0 Å². The second kappa shape index (κ2) is 5.16. The molecule has 0 amide bonds. The summed E-state index contributed by atoms with van der Waals surface area (Å²) in [4.78, 5) is 5.04. The van der Waals surface area contributed by atoms with Gasteiger partial charge >= 0.3 is 146 Å². The van der Waals surface area contributed by atoms with Gasteiger partial charge in [0.2, 0.25) is 0 Å². The standard InChI is InChI=1S/C12H32Ge2O4Si4/c1-13(2)9-19(5)15-20(6,10-13)18-22(8)12-14(3,4)11-21(7,16-22)17-19/h9-12H2,1-8H3. The van der Waals surface area contributed by atoms with Crippen LogP contribution >= 0.6 is 0 Å². The van der Waals surface area contributed by atoms with E-state index in [0.29, 0.717) is 0 Å². The third-order valence-corrected chi connectivity index (χ3v) is 65.4. The quantitative estimate of drug-likeness (QED) is 0.475. The van der Waals surface area contributed by atoms with E-state index in [0.717, 1.165) is 0 Å². The van der Waals surface area contributed by atoms with E-state index in [2.05, 4.69) is 49.2 Å². The van der Waals surface area contributed by atoms with Gasteiger partial charge in [-0.1, -0.05) is 0 Å². The summed E-state index contributed by atoms with van der Waals surface area (Å²) in [6.07, 6.45) is 0. The molecule has 22 heavy (non-hydrogen) atoms. The van der Waals surface area contributed by atoms with Crippen LogP contribution in [-0.4, -0.2) is 60.8 Å². The number of hydrogen-bond donors (Lipinski definition) is 0. The van der Waals surface area contributed by atoms with Crippen molar-refractivity contribution in [2.75, 3.05) is 0 Å². The van der Waals surface area contributed by atoms with Crippen molar-refractivity contribution >= 4 is 60.8 Å². The number of hydrogen-bond acceptors (Lipinski definition) is 4. The maximum atomic E-state index is 6.93. The number of fused-ring (bicyclic) bond motifs is 4. The molecule has 0 aromatic rings. The van der Waals surface area contributed by atoms with E-state index in [1.807, 2.05) is 0 Å². The first-order valence-corrected chi connectivity index (χ1v) is 32.9. The summed E-state index contributed by atoms with van der Waals surface area (Å²) in [5.74, 6) is 10.2. The van der Waals surface area contributed by atoms with E-state index in [-0.39, 0.29) is 0 Å². The summed E-state index contributed by atoms with van der Waals surface area (Å²) in [7, 11) is -8.46. The average molecular weight is 498 g/mol. The topological polar surface area (TPSA) is 36.9 Å². The molecule has 0 aliphatic carbocycles. The van der Waals surface area contributed by atoms with E-state index in [4.69, 9.17) is 16.5 Å². The summed E-state index contributed by atoms with van der Waals surface area (Å²) in [6.45, 7) is 9.25. The van der Waals surface area contributed by atoms with E-state index in [1.165, 1.54) is 19.5 Å². The number of rotatable bonds is 0. The van der Waals surface area contributed by atoms with Crippen LogP contribution in [0.15, 0.2) is 0 Å². The Morgan fingerprint density at radius 1 is 0.500 bits per heavy atom. The molecular formula is C12H32Ge2O4Si4. The maximum absolute atomic E-state index is 6.93. The van der Waals surface area contributed by atoms with Crippen molar-refractivity contribution in [2.45, 2.75) is 68.7 Å². The molecule has 0 atom stereocenters. The van der Waals surface area contributed by atoms with Gasteiger partial charge < -0.3 is 0 Å². The first-order valence-electron chi connectivity index (χ1n) is 8.46. The molecule has 3 rings (SSSR count). The second-order valence-corrected chi connectivity index (χ2v) is 50.8. The molecule has 0 unspecified atom stereocenters. The third-order valence-electron chi connectivity index (χ3n) is 4.93. The summed E-state index contributed by atoms with van der Waals surface area (Å²) in [6, 6.07) is 0. The van der Waals surface area contributed by atoms with Gasteiger partial charge in [0.1, 0.15) is 0 Å². The molecule has 0 aromatic heterocycles. The van der Waals surface area contributed by atoms with Crippen molar-refractivity contribution in [3.63, 3.8) is 0 Å². The van der Waals surface area contributed by atoms with Crippen LogP contribution in [0.4, 0.5) is 0 Å². The van der Waals surface area contributed by atoms with Crippen molar-refractivity contribution in [1.82, 2.24) is 0 Å². The molecule has 4 nitrogen and oxygen atoms in total. The molecule has 3 aliphatic heterocycles. The zero-order chi connectivity index (χ0) is 16.7. The first-order chi connectivity index (χ1) is 9.66. The molecule has 4 bridgehead atoms. The molecule has 3 saturated heterocycles. The average Bonchev–Trinajstić information content (AvgIpc) is 1.99. The second-order valence-electron chi connectivity index (χ2n) is 9.98. The zero-order valence-electron chi connectivity index (χ0n) is 15.5. The molecule has 0 aromatic carbocycles. The van der Waals surface area contributed by atoms with Gasteiger partial charge in [-0.15, -0.1) is 0 Å². The predicted octanol–water partition coefficient (Wildman–Crippen LogP) is 3.96. The van der Waals surface area contributed by atoms with Gasteiger partial charge in [0.25, 0.3) is 0 Å². The monoisotopic (exact) mass is 500 g/mol. The Bertz CT molecular complexity index is 430. The van der Waals surface area contributed by atoms with Crippen LogP contribution in [0.5, 0.6) is 0 Å². The molecule has 3 aliphatic rings. The van der Waals surface area contributed by atoms with Crippen LogP contribution in [0.3, 0.4) is 0 Å². The molecule has 10 heteroatoms. The van der Waals surface area contributed by atoms with Crippen LogP contribution in [0, 0.1) is 0 Å². The molecule has 128 valence electrons.